The summed E-state index contributed by atoms with van der Waals surface area (Å²) in [4.78, 5) is 32.7. The van der Waals surface area contributed by atoms with E-state index in [-0.39, 0.29) is 18.0 Å². The van der Waals surface area contributed by atoms with E-state index in [9.17, 15) is 9.59 Å². The van der Waals surface area contributed by atoms with Crippen LogP contribution in [0.25, 0.3) is 20.7 Å². The molecule has 1 amide bonds. The Balaban J connectivity index is 1.87. The summed E-state index contributed by atoms with van der Waals surface area (Å²) in [6.45, 7) is 2.82. The predicted octanol–water partition coefficient (Wildman–Crippen LogP) is 3.38. The van der Waals surface area contributed by atoms with Gasteiger partial charge in [-0.25, -0.2) is 4.98 Å². The van der Waals surface area contributed by atoms with Crippen LogP contribution in [-0.4, -0.2) is 34.0 Å². The Labute approximate surface area is 150 Å². The highest BCUT2D eigenvalue weighted by molar-refractivity contribution is 7.21. The summed E-state index contributed by atoms with van der Waals surface area (Å²) < 4.78 is 1.40. The van der Waals surface area contributed by atoms with Crippen LogP contribution < -0.4 is 5.56 Å². The Kier molecular flexibility index (Phi) is 5.28. The molecule has 25 heavy (non-hydrogen) atoms. The fourth-order valence-electron chi connectivity index (χ4n) is 2.60. The van der Waals surface area contributed by atoms with Crippen LogP contribution in [0, 0.1) is 0 Å². The predicted molar refractivity (Wildman–Crippen MR) is 102 cm³/mol. The highest BCUT2D eigenvalue weighted by Gasteiger charge is 2.14. The van der Waals surface area contributed by atoms with E-state index in [4.69, 9.17) is 0 Å². The number of carbonyl (C=O) groups is 1. The van der Waals surface area contributed by atoms with Gasteiger partial charge >= 0.3 is 0 Å². The minimum Gasteiger partial charge on any atom is -0.344 e. The van der Waals surface area contributed by atoms with Gasteiger partial charge in [0, 0.05) is 18.5 Å². The lowest BCUT2D eigenvalue weighted by molar-refractivity contribution is -0.130. The van der Waals surface area contributed by atoms with Gasteiger partial charge in [0.05, 0.1) is 11.7 Å². The summed E-state index contributed by atoms with van der Waals surface area (Å²) in [5.41, 5.74) is 0.896. The van der Waals surface area contributed by atoms with Crippen molar-refractivity contribution >= 4 is 27.5 Å². The number of rotatable bonds is 6. The number of carbonyl (C=O) groups excluding carboxylic acids is 1. The first-order valence-corrected chi connectivity index (χ1v) is 9.20. The lowest BCUT2D eigenvalue weighted by Gasteiger charge is -2.17. The lowest BCUT2D eigenvalue weighted by Crippen LogP contribution is -2.34. The molecule has 0 atom stereocenters. The molecule has 3 rings (SSSR count). The minimum atomic E-state index is -0.166. The van der Waals surface area contributed by atoms with Crippen LogP contribution in [0.2, 0.25) is 0 Å². The van der Waals surface area contributed by atoms with E-state index in [0.717, 1.165) is 23.3 Å². The van der Waals surface area contributed by atoms with Crippen LogP contribution in [0.5, 0.6) is 0 Å². The molecule has 0 aliphatic carbocycles. The van der Waals surface area contributed by atoms with Gasteiger partial charge < -0.3 is 4.90 Å². The molecule has 0 aliphatic heterocycles. The van der Waals surface area contributed by atoms with Gasteiger partial charge in [-0.05, 0) is 18.1 Å². The average molecular weight is 355 g/mol. The fraction of sp³-hybridized carbons (Fsp3) is 0.316. The second kappa shape index (κ2) is 7.61. The zero-order valence-electron chi connectivity index (χ0n) is 14.4. The molecule has 2 aromatic heterocycles. The lowest BCUT2D eigenvalue weighted by atomic mass is 10.2. The van der Waals surface area contributed by atoms with E-state index in [1.54, 1.807) is 11.9 Å². The first kappa shape index (κ1) is 17.4. The zero-order valence-corrected chi connectivity index (χ0v) is 15.3. The molecule has 1 aromatic carbocycles. The Bertz CT molecular complexity index is 931. The van der Waals surface area contributed by atoms with Gasteiger partial charge in [-0.2, -0.15) is 0 Å². The topological polar surface area (TPSA) is 55.2 Å². The van der Waals surface area contributed by atoms with E-state index in [2.05, 4.69) is 11.9 Å². The molecule has 130 valence electrons. The summed E-state index contributed by atoms with van der Waals surface area (Å²) in [5.74, 6) is -0.0739. The number of likely N-dealkylation sites (N-methyl/N-ethyl adjacent to an activating group) is 1. The van der Waals surface area contributed by atoms with Crippen molar-refractivity contribution in [2.45, 2.75) is 26.3 Å². The maximum atomic E-state index is 12.7. The molecule has 0 unspecified atom stereocenters. The molecule has 0 radical (unpaired) electrons. The Morgan fingerprint density at radius 3 is 2.76 bits per heavy atom. The minimum absolute atomic E-state index is 0.0263. The normalized spacial score (nSPS) is 11.0. The number of aromatic nitrogens is 2. The molecule has 0 N–H and O–H groups in total. The summed E-state index contributed by atoms with van der Waals surface area (Å²) in [6, 6.07) is 11.8. The number of fused-ring (bicyclic) bond motifs is 1. The zero-order chi connectivity index (χ0) is 17.8. The van der Waals surface area contributed by atoms with Gasteiger partial charge in [0.25, 0.3) is 5.56 Å². The molecule has 0 bridgehead atoms. The van der Waals surface area contributed by atoms with Crippen molar-refractivity contribution < 1.29 is 4.79 Å². The number of thiophene rings is 1. The van der Waals surface area contributed by atoms with Gasteiger partial charge in [0.1, 0.15) is 11.4 Å². The van der Waals surface area contributed by atoms with E-state index in [1.165, 1.54) is 22.2 Å². The molecular weight excluding hydrogens is 334 g/mol. The smallest absolute Gasteiger partial charge is 0.262 e. The second-order valence-electron chi connectivity index (χ2n) is 6.04. The molecule has 3 aromatic rings. The SMILES string of the molecule is CCCCN(C)C(=O)Cn1cnc2sc(-c3ccccc3)cc2c1=O. The molecule has 0 saturated carbocycles. The van der Waals surface area contributed by atoms with E-state index in [1.807, 2.05) is 36.4 Å². The Morgan fingerprint density at radius 2 is 2.04 bits per heavy atom. The third kappa shape index (κ3) is 3.79. The monoisotopic (exact) mass is 355 g/mol. The maximum Gasteiger partial charge on any atom is 0.262 e. The standard InChI is InChI=1S/C19H21N3O2S/c1-3-4-10-21(2)17(23)12-22-13-20-18-15(19(22)24)11-16(25-18)14-8-6-5-7-9-14/h5-9,11,13H,3-4,10,12H2,1-2H3. The molecule has 0 aliphatic rings. The van der Waals surface area contributed by atoms with E-state index >= 15 is 0 Å². The largest absolute Gasteiger partial charge is 0.344 e. The molecule has 0 saturated heterocycles. The molecule has 6 heteroatoms. The van der Waals surface area contributed by atoms with Gasteiger partial charge in [-0.3, -0.25) is 14.2 Å². The van der Waals surface area contributed by atoms with Crippen LogP contribution in [-0.2, 0) is 11.3 Å². The van der Waals surface area contributed by atoms with Crippen LogP contribution in [0.4, 0.5) is 0 Å². The van der Waals surface area contributed by atoms with Crippen molar-refractivity contribution in [1.82, 2.24) is 14.5 Å². The number of unbranched alkanes of at least 4 members (excludes halogenated alkanes) is 1. The highest BCUT2D eigenvalue weighted by atomic mass is 32.1. The quantitative estimate of drug-likeness (QED) is 0.681. The number of hydrogen-bond donors (Lipinski definition) is 0. The molecule has 5 nitrogen and oxygen atoms in total. The molecule has 0 spiro atoms. The van der Waals surface area contributed by atoms with E-state index in [0.29, 0.717) is 16.8 Å². The molecular formula is C19H21N3O2S. The van der Waals surface area contributed by atoms with Gasteiger partial charge in [-0.15, -0.1) is 11.3 Å². The van der Waals surface area contributed by atoms with E-state index < -0.39 is 0 Å². The van der Waals surface area contributed by atoms with Gasteiger partial charge in [-0.1, -0.05) is 43.7 Å². The van der Waals surface area contributed by atoms with Crippen LogP contribution in [0.1, 0.15) is 19.8 Å². The number of amides is 1. The third-order valence-corrected chi connectivity index (χ3v) is 5.25. The third-order valence-electron chi connectivity index (χ3n) is 4.15. The summed E-state index contributed by atoms with van der Waals surface area (Å²) in [7, 11) is 1.77. The Morgan fingerprint density at radius 1 is 1.28 bits per heavy atom. The van der Waals surface area contributed by atoms with Crippen molar-refractivity contribution in [1.29, 1.82) is 0 Å². The molecule has 2 heterocycles. The van der Waals surface area contributed by atoms with Crippen LogP contribution >= 0.6 is 11.3 Å². The first-order valence-electron chi connectivity index (χ1n) is 8.38. The van der Waals surface area contributed by atoms with Crippen molar-refractivity contribution in [2.24, 2.45) is 0 Å². The van der Waals surface area contributed by atoms with Gasteiger partial charge in [0.15, 0.2) is 0 Å². The van der Waals surface area contributed by atoms with Crippen LogP contribution in [0.3, 0.4) is 0 Å². The first-order chi connectivity index (χ1) is 12.1. The number of hydrogen-bond acceptors (Lipinski definition) is 4. The van der Waals surface area contributed by atoms with Gasteiger partial charge in [0.2, 0.25) is 5.91 Å². The molecule has 0 fully saturated rings. The number of benzene rings is 1. The van der Waals surface area contributed by atoms with Crippen LogP contribution in [0.15, 0.2) is 47.5 Å². The van der Waals surface area contributed by atoms with Crippen molar-refractivity contribution in [3.8, 4) is 10.4 Å². The fourth-order valence-corrected chi connectivity index (χ4v) is 3.60. The Hall–Kier alpha value is -2.47. The van der Waals surface area contributed by atoms with Crippen molar-refractivity contribution in [3.63, 3.8) is 0 Å². The summed E-state index contributed by atoms with van der Waals surface area (Å²) in [5, 5.41) is 0.565. The maximum absolute atomic E-state index is 12.7. The highest BCUT2D eigenvalue weighted by Crippen LogP contribution is 2.30. The second-order valence-corrected chi connectivity index (χ2v) is 7.07. The van der Waals surface area contributed by atoms with Crippen molar-refractivity contribution in [3.05, 3.63) is 53.1 Å². The summed E-state index contributed by atoms with van der Waals surface area (Å²) in [6.07, 6.45) is 3.46. The number of nitrogens with zero attached hydrogens (tertiary/aromatic N) is 3. The van der Waals surface area contributed by atoms with Crippen molar-refractivity contribution in [2.75, 3.05) is 13.6 Å². The average Bonchev–Trinajstić information content (AvgIpc) is 3.08. The summed E-state index contributed by atoms with van der Waals surface area (Å²) >= 11 is 1.49.